The predicted molar refractivity (Wildman–Crippen MR) is 85.7 cm³/mol. The number of ether oxygens (including phenoxy) is 1. The van der Waals surface area contributed by atoms with Crippen molar-refractivity contribution in [2.45, 2.75) is 12.7 Å². The van der Waals surface area contributed by atoms with Crippen LogP contribution in [0.4, 0.5) is 0 Å². The number of hydrogen-bond acceptors (Lipinski definition) is 4. The van der Waals surface area contributed by atoms with Crippen LogP contribution >= 0.6 is 0 Å². The van der Waals surface area contributed by atoms with Crippen LogP contribution in [-0.4, -0.2) is 36.0 Å². The zero-order valence-electron chi connectivity index (χ0n) is 13.1. The van der Waals surface area contributed by atoms with Gasteiger partial charge in [-0.25, -0.2) is 4.79 Å². The van der Waals surface area contributed by atoms with Crippen molar-refractivity contribution < 1.29 is 19.4 Å². The Morgan fingerprint density at radius 2 is 1.65 bits per heavy atom. The van der Waals surface area contributed by atoms with E-state index in [2.05, 4.69) is 0 Å². The second kappa shape index (κ2) is 7.56. The van der Waals surface area contributed by atoms with E-state index in [1.165, 1.54) is 4.90 Å². The molecule has 2 rings (SSSR count). The SMILES string of the molecule is CN(C)C(=O)[C@H](OC(=O)c1ccc(CO)cc1)c1ccccc1. The molecule has 23 heavy (non-hydrogen) atoms. The number of likely N-dealkylation sites (N-methyl/N-ethyl adjacent to an activating group) is 1. The number of benzene rings is 2. The Labute approximate surface area is 135 Å². The Morgan fingerprint density at radius 1 is 1.04 bits per heavy atom. The summed E-state index contributed by atoms with van der Waals surface area (Å²) in [4.78, 5) is 26.0. The Morgan fingerprint density at radius 3 is 2.17 bits per heavy atom. The topological polar surface area (TPSA) is 66.8 Å². The molecule has 0 aromatic heterocycles. The fourth-order valence-electron chi connectivity index (χ4n) is 2.04. The predicted octanol–water partition coefficient (Wildman–Crippen LogP) is 2.17. The average Bonchev–Trinajstić information content (AvgIpc) is 2.59. The van der Waals surface area contributed by atoms with Crippen LogP contribution in [0.25, 0.3) is 0 Å². The van der Waals surface area contributed by atoms with Crippen molar-refractivity contribution in [3.8, 4) is 0 Å². The van der Waals surface area contributed by atoms with Gasteiger partial charge in [-0.05, 0) is 17.7 Å². The molecule has 0 heterocycles. The fourth-order valence-corrected chi connectivity index (χ4v) is 2.04. The van der Waals surface area contributed by atoms with Crippen molar-refractivity contribution in [3.05, 3.63) is 71.3 Å². The van der Waals surface area contributed by atoms with Crippen LogP contribution in [0, 0.1) is 0 Å². The molecule has 0 unspecified atom stereocenters. The highest BCUT2D eigenvalue weighted by Crippen LogP contribution is 2.21. The molecule has 0 saturated carbocycles. The zero-order chi connectivity index (χ0) is 16.8. The molecule has 1 atom stereocenters. The summed E-state index contributed by atoms with van der Waals surface area (Å²) in [5.74, 6) is -0.893. The summed E-state index contributed by atoms with van der Waals surface area (Å²) in [5, 5.41) is 9.03. The van der Waals surface area contributed by atoms with E-state index in [0.717, 1.165) is 0 Å². The summed E-state index contributed by atoms with van der Waals surface area (Å²) in [7, 11) is 3.23. The molecule has 0 spiro atoms. The van der Waals surface area contributed by atoms with Crippen LogP contribution in [0.5, 0.6) is 0 Å². The maximum absolute atomic E-state index is 12.3. The third-order valence-electron chi connectivity index (χ3n) is 3.36. The minimum absolute atomic E-state index is 0.0961. The van der Waals surface area contributed by atoms with E-state index in [0.29, 0.717) is 16.7 Å². The highest BCUT2D eigenvalue weighted by atomic mass is 16.5. The molecule has 5 heteroatoms. The van der Waals surface area contributed by atoms with Crippen LogP contribution in [-0.2, 0) is 16.1 Å². The van der Waals surface area contributed by atoms with Crippen LogP contribution in [0.15, 0.2) is 54.6 Å². The van der Waals surface area contributed by atoms with Gasteiger partial charge < -0.3 is 14.7 Å². The zero-order valence-corrected chi connectivity index (χ0v) is 13.1. The number of carbonyl (C=O) groups is 2. The summed E-state index contributed by atoms with van der Waals surface area (Å²) in [5.41, 5.74) is 1.65. The van der Waals surface area contributed by atoms with Crippen molar-refractivity contribution in [2.75, 3.05) is 14.1 Å². The minimum Gasteiger partial charge on any atom is -0.444 e. The standard InChI is InChI=1S/C18H19NO4/c1-19(2)17(21)16(14-6-4-3-5-7-14)23-18(22)15-10-8-13(12-20)9-11-15/h3-11,16,20H,12H2,1-2H3/t16-/m1/s1. The highest BCUT2D eigenvalue weighted by Gasteiger charge is 2.26. The lowest BCUT2D eigenvalue weighted by molar-refractivity contribution is -0.138. The largest absolute Gasteiger partial charge is 0.444 e. The fraction of sp³-hybridized carbons (Fsp3) is 0.222. The van der Waals surface area contributed by atoms with Crippen molar-refractivity contribution >= 4 is 11.9 Å². The van der Waals surface area contributed by atoms with E-state index in [9.17, 15) is 9.59 Å². The molecule has 0 aliphatic rings. The first-order valence-electron chi connectivity index (χ1n) is 7.20. The molecule has 0 fully saturated rings. The van der Waals surface area contributed by atoms with Gasteiger partial charge in [0.05, 0.1) is 12.2 Å². The molecule has 0 bridgehead atoms. The van der Waals surface area contributed by atoms with Crippen molar-refractivity contribution in [1.29, 1.82) is 0 Å². The maximum Gasteiger partial charge on any atom is 0.339 e. The summed E-state index contributed by atoms with van der Waals surface area (Å²) in [6, 6.07) is 15.3. The van der Waals surface area contributed by atoms with Gasteiger partial charge in [0, 0.05) is 19.7 Å². The van der Waals surface area contributed by atoms with E-state index >= 15 is 0 Å². The van der Waals surface area contributed by atoms with Gasteiger partial charge in [0.25, 0.3) is 5.91 Å². The first-order chi connectivity index (χ1) is 11.0. The molecule has 2 aromatic carbocycles. The highest BCUT2D eigenvalue weighted by molar-refractivity contribution is 5.92. The lowest BCUT2D eigenvalue weighted by Gasteiger charge is -2.21. The second-order valence-corrected chi connectivity index (χ2v) is 5.28. The Balaban J connectivity index is 2.23. The summed E-state index contributed by atoms with van der Waals surface area (Å²) >= 11 is 0. The van der Waals surface area contributed by atoms with Crippen LogP contribution in [0.2, 0.25) is 0 Å². The molecular weight excluding hydrogens is 294 g/mol. The van der Waals surface area contributed by atoms with Crippen molar-refractivity contribution in [3.63, 3.8) is 0 Å². The van der Waals surface area contributed by atoms with E-state index in [1.807, 2.05) is 6.07 Å². The number of hydrogen-bond donors (Lipinski definition) is 1. The molecule has 120 valence electrons. The molecule has 0 aliphatic heterocycles. The molecular formula is C18H19NO4. The Kier molecular flexibility index (Phi) is 5.49. The van der Waals surface area contributed by atoms with Gasteiger partial charge in [0.15, 0.2) is 0 Å². The molecule has 0 saturated heterocycles. The lowest BCUT2D eigenvalue weighted by atomic mass is 10.1. The van der Waals surface area contributed by atoms with Gasteiger partial charge >= 0.3 is 5.97 Å². The first-order valence-corrected chi connectivity index (χ1v) is 7.20. The lowest BCUT2D eigenvalue weighted by Crippen LogP contribution is -2.31. The van der Waals surface area contributed by atoms with E-state index in [1.54, 1.807) is 62.6 Å². The quantitative estimate of drug-likeness (QED) is 0.859. The monoisotopic (exact) mass is 313 g/mol. The first kappa shape index (κ1) is 16.7. The summed E-state index contributed by atoms with van der Waals surface area (Å²) < 4.78 is 5.43. The molecule has 0 radical (unpaired) electrons. The van der Waals surface area contributed by atoms with Crippen molar-refractivity contribution in [1.82, 2.24) is 4.90 Å². The van der Waals surface area contributed by atoms with Gasteiger partial charge in [-0.15, -0.1) is 0 Å². The third kappa shape index (κ3) is 4.17. The maximum atomic E-state index is 12.3. The van der Waals surface area contributed by atoms with Gasteiger partial charge in [-0.3, -0.25) is 4.79 Å². The number of amides is 1. The van der Waals surface area contributed by atoms with Crippen molar-refractivity contribution in [2.24, 2.45) is 0 Å². The summed E-state index contributed by atoms with van der Waals surface area (Å²) in [6.07, 6.45) is -0.990. The third-order valence-corrected chi connectivity index (χ3v) is 3.36. The smallest absolute Gasteiger partial charge is 0.339 e. The van der Waals surface area contributed by atoms with Gasteiger partial charge in [0.1, 0.15) is 0 Å². The minimum atomic E-state index is -0.990. The van der Waals surface area contributed by atoms with Gasteiger partial charge in [0.2, 0.25) is 6.10 Å². The molecule has 2 aromatic rings. The number of aliphatic hydroxyl groups excluding tert-OH is 1. The normalized spacial score (nSPS) is 11.6. The number of carbonyl (C=O) groups excluding carboxylic acids is 2. The number of esters is 1. The van der Waals surface area contributed by atoms with Crippen LogP contribution in [0.3, 0.4) is 0 Å². The molecule has 1 N–H and O–H groups in total. The Hall–Kier alpha value is -2.66. The van der Waals surface area contributed by atoms with E-state index in [4.69, 9.17) is 9.84 Å². The van der Waals surface area contributed by atoms with Crippen LogP contribution < -0.4 is 0 Å². The van der Waals surface area contributed by atoms with Crippen LogP contribution in [0.1, 0.15) is 27.6 Å². The number of aliphatic hydroxyl groups is 1. The molecule has 0 aliphatic carbocycles. The molecule has 1 amide bonds. The van der Waals surface area contributed by atoms with Gasteiger partial charge in [-0.2, -0.15) is 0 Å². The van der Waals surface area contributed by atoms with E-state index in [-0.39, 0.29) is 12.5 Å². The Bertz CT molecular complexity index is 665. The number of rotatable bonds is 5. The average molecular weight is 313 g/mol. The molecule has 5 nitrogen and oxygen atoms in total. The summed E-state index contributed by atoms with van der Waals surface area (Å²) in [6.45, 7) is -0.0961. The van der Waals surface area contributed by atoms with E-state index < -0.39 is 12.1 Å². The van der Waals surface area contributed by atoms with Gasteiger partial charge in [-0.1, -0.05) is 42.5 Å². The second-order valence-electron chi connectivity index (χ2n) is 5.28. The number of nitrogens with zero attached hydrogens (tertiary/aromatic N) is 1.